The molecule has 0 aliphatic rings. The van der Waals surface area contributed by atoms with Crippen LogP contribution in [0.25, 0.3) is 0 Å². The molecule has 0 aliphatic carbocycles. The molecule has 7 heteroatoms. The van der Waals surface area contributed by atoms with E-state index in [0.717, 1.165) is 9.88 Å². The molecule has 106 valence electrons. The molecule has 0 amide bonds. The highest BCUT2D eigenvalue weighted by molar-refractivity contribution is 7.11. The number of rotatable bonds is 5. The Kier molecular flexibility index (Phi) is 4.19. The summed E-state index contributed by atoms with van der Waals surface area (Å²) in [6.07, 6.45) is 1.80. The monoisotopic (exact) mass is 292 g/mol. The summed E-state index contributed by atoms with van der Waals surface area (Å²) in [5.74, 6) is 0. The van der Waals surface area contributed by atoms with Crippen molar-refractivity contribution in [2.24, 2.45) is 0 Å². The van der Waals surface area contributed by atoms with E-state index in [1.807, 2.05) is 13.8 Å². The molecule has 0 saturated carbocycles. The number of aromatic nitrogens is 1. The van der Waals surface area contributed by atoms with Gasteiger partial charge in [0.1, 0.15) is 16.4 Å². The summed E-state index contributed by atoms with van der Waals surface area (Å²) < 4.78 is 0. The summed E-state index contributed by atoms with van der Waals surface area (Å²) in [5.41, 5.74) is 1.03. The number of nitro benzene ring substituents is 1. The van der Waals surface area contributed by atoms with Gasteiger partial charge in [-0.15, -0.1) is 11.3 Å². The van der Waals surface area contributed by atoms with Crippen molar-refractivity contribution < 1.29 is 4.92 Å². The first-order chi connectivity index (χ1) is 9.52. The molecule has 2 aromatic rings. The average molecular weight is 292 g/mol. The molecule has 1 aromatic carbocycles. The molecule has 0 fully saturated rings. The fraction of sp³-hybridized carbons (Fsp3) is 0.308. The van der Waals surface area contributed by atoms with Gasteiger partial charge in [0.05, 0.1) is 11.0 Å². The molecule has 1 heterocycles. The normalized spacial score (nSPS) is 11.9. The van der Waals surface area contributed by atoms with Crippen LogP contribution in [0, 0.1) is 17.0 Å². The van der Waals surface area contributed by atoms with E-state index in [9.17, 15) is 10.1 Å². The zero-order valence-electron chi connectivity index (χ0n) is 11.5. The fourth-order valence-corrected chi connectivity index (χ4v) is 2.70. The van der Waals surface area contributed by atoms with Gasteiger partial charge in [0.15, 0.2) is 0 Å². The van der Waals surface area contributed by atoms with Crippen molar-refractivity contribution in [1.29, 1.82) is 0 Å². The quantitative estimate of drug-likeness (QED) is 0.650. The smallest absolute Gasteiger partial charge is 0.315 e. The summed E-state index contributed by atoms with van der Waals surface area (Å²) in [6, 6.07) is 5.08. The molecule has 2 rings (SSSR count). The van der Waals surface area contributed by atoms with Crippen molar-refractivity contribution in [3.63, 3.8) is 0 Å². The molecular formula is C13H16N4O2S. The van der Waals surface area contributed by atoms with Crippen molar-refractivity contribution in [3.05, 3.63) is 44.4 Å². The maximum absolute atomic E-state index is 11.2. The first kappa shape index (κ1) is 14.3. The zero-order valence-corrected chi connectivity index (χ0v) is 12.3. The van der Waals surface area contributed by atoms with E-state index in [2.05, 4.69) is 15.6 Å². The molecule has 1 aromatic heterocycles. The summed E-state index contributed by atoms with van der Waals surface area (Å²) in [7, 11) is 1.67. The Morgan fingerprint density at radius 1 is 1.40 bits per heavy atom. The number of para-hydroxylation sites is 1. The molecule has 2 N–H and O–H groups in total. The Balaban J connectivity index is 2.31. The number of nitrogens with zero attached hydrogens (tertiary/aromatic N) is 2. The molecule has 0 aliphatic heterocycles. The highest BCUT2D eigenvalue weighted by atomic mass is 32.1. The third-order valence-electron chi connectivity index (χ3n) is 2.87. The van der Waals surface area contributed by atoms with Crippen molar-refractivity contribution in [2.45, 2.75) is 19.9 Å². The van der Waals surface area contributed by atoms with Gasteiger partial charge in [0, 0.05) is 18.1 Å². The molecule has 0 spiro atoms. The SMILES string of the molecule is CNc1cccc(NC(C)c2ncc(C)s2)c1[N+](=O)[O-]. The van der Waals surface area contributed by atoms with Gasteiger partial charge >= 0.3 is 5.69 Å². The molecule has 1 unspecified atom stereocenters. The summed E-state index contributed by atoms with van der Waals surface area (Å²) in [6.45, 7) is 3.92. The predicted molar refractivity (Wildman–Crippen MR) is 81.5 cm³/mol. The van der Waals surface area contributed by atoms with E-state index in [1.165, 1.54) is 0 Å². The van der Waals surface area contributed by atoms with Gasteiger partial charge in [-0.05, 0) is 26.0 Å². The number of aryl methyl sites for hydroxylation is 1. The second-order valence-electron chi connectivity index (χ2n) is 4.38. The van der Waals surface area contributed by atoms with Gasteiger partial charge in [0.2, 0.25) is 0 Å². The molecule has 0 radical (unpaired) electrons. The Morgan fingerprint density at radius 3 is 2.65 bits per heavy atom. The van der Waals surface area contributed by atoms with E-state index in [-0.39, 0.29) is 16.7 Å². The lowest BCUT2D eigenvalue weighted by Crippen LogP contribution is -2.09. The number of thiazole rings is 1. The van der Waals surface area contributed by atoms with Crippen LogP contribution in [-0.2, 0) is 0 Å². The van der Waals surface area contributed by atoms with E-state index >= 15 is 0 Å². The van der Waals surface area contributed by atoms with E-state index in [4.69, 9.17) is 0 Å². The van der Waals surface area contributed by atoms with Crippen molar-refractivity contribution in [3.8, 4) is 0 Å². The number of benzene rings is 1. The van der Waals surface area contributed by atoms with Crippen LogP contribution in [0.1, 0.15) is 22.9 Å². The Labute approximate surface area is 121 Å². The molecule has 0 saturated heterocycles. The first-order valence-electron chi connectivity index (χ1n) is 6.17. The molecular weight excluding hydrogens is 276 g/mol. The predicted octanol–water partition coefficient (Wildman–Crippen LogP) is 3.57. The Morgan fingerprint density at radius 2 is 2.10 bits per heavy atom. The van der Waals surface area contributed by atoms with Gasteiger partial charge in [-0.1, -0.05) is 6.07 Å². The minimum atomic E-state index is -0.381. The Hall–Kier alpha value is -2.15. The number of nitro groups is 1. The lowest BCUT2D eigenvalue weighted by Gasteiger charge is -2.14. The summed E-state index contributed by atoms with van der Waals surface area (Å²) in [4.78, 5) is 16.3. The topological polar surface area (TPSA) is 80.1 Å². The van der Waals surface area contributed by atoms with E-state index < -0.39 is 0 Å². The molecule has 1 atom stereocenters. The molecule has 0 bridgehead atoms. The van der Waals surface area contributed by atoms with Gasteiger partial charge in [-0.2, -0.15) is 0 Å². The highest BCUT2D eigenvalue weighted by Gasteiger charge is 2.21. The highest BCUT2D eigenvalue weighted by Crippen LogP contribution is 2.35. The summed E-state index contributed by atoms with van der Waals surface area (Å²) >= 11 is 1.58. The lowest BCUT2D eigenvalue weighted by atomic mass is 10.2. The van der Waals surface area contributed by atoms with Gasteiger partial charge in [0.25, 0.3) is 0 Å². The Bertz CT molecular complexity index is 627. The summed E-state index contributed by atoms with van der Waals surface area (Å²) in [5, 5.41) is 18.1. The minimum Gasteiger partial charge on any atom is -0.382 e. The van der Waals surface area contributed by atoms with Crippen molar-refractivity contribution >= 4 is 28.4 Å². The van der Waals surface area contributed by atoms with Crippen LogP contribution in [0.2, 0.25) is 0 Å². The van der Waals surface area contributed by atoms with Crippen molar-refractivity contribution in [2.75, 3.05) is 17.7 Å². The van der Waals surface area contributed by atoms with Gasteiger partial charge in [-0.25, -0.2) is 4.98 Å². The molecule has 20 heavy (non-hydrogen) atoms. The van der Waals surface area contributed by atoms with Crippen LogP contribution in [0.5, 0.6) is 0 Å². The number of hydrogen-bond donors (Lipinski definition) is 2. The fourth-order valence-electron chi connectivity index (χ4n) is 1.93. The number of anilines is 2. The van der Waals surface area contributed by atoms with Crippen molar-refractivity contribution in [1.82, 2.24) is 4.98 Å². The largest absolute Gasteiger partial charge is 0.382 e. The minimum absolute atomic E-state index is 0.0510. The number of nitrogens with one attached hydrogen (secondary N) is 2. The van der Waals surface area contributed by atoms with E-state index in [0.29, 0.717) is 11.4 Å². The van der Waals surface area contributed by atoms with Crippen LogP contribution in [0.4, 0.5) is 17.1 Å². The van der Waals surface area contributed by atoms with Crippen LogP contribution < -0.4 is 10.6 Å². The van der Waals surface area contributed by atoms with Crippen LogP contribution in [0.15, 0.2) is 24.4 Å². The van der Waals surface area contributed by atoms with E-state index in [1.54, 1.807) is 42.8 Å². The first-order valence-corrected chi connectivity index (χ1v) is 6.98. The standard InChI is InChI=1S/C13H16N4O2S/c1-8-7-15-13(20-8)9(2)16-11-6-4-5-10(14-3)12(11)17(18)19/h4-7,9,14,16H,1-3H3. The van der Waals surface area contributed by atoms with Crippen LogP contribution >= 0.6 is 11.3 Å². The second-order valence-corrected chi connectivity index (χ2v) is 5.65. The maximum atomic E-state index is 11.2. The number of hydrogen-bond acceptors (Lipinski definition) is 6. The molecule has 6 nitrogen and oxygen atoms in total. The second kappa shape index (κ2) is 5.87. The maximum Gasteiger partial charge on any atom is 0.315 e. The van der Waals surface area contributed by atoms with Crippen LogP contribution in [-0.4, -0.2) is 17.0 Å². The average Bonchev–Trinajstić information content (AvgIpc) is 2.84. The van der Waals surface area contributed by atoms with Gasteiger partial charge < -0.3 is 10.6 Å². The third kappa shape index (κ3) is 2.88. The zero-order chi connectivity index (χ0) is 14.7. The lowest BCUT2D eigenvalue weighted by molar-refractivity contribution is -0.383. The third-order valence-corrected chi connectivity index (χ3v) is 3.97. The van der Waals surface area contributed by atoms with Gasteiger partial charge in [-0.3, -0.25) is 10.1 Å². The van der Waals surface area contributed by atoms with Crippen LogP contribution in [0.3, 0.4) is 0 Å².